The molecule has 0 N–H and O–H groups in total. The Kier molecular flexibility index (Phi) is 26.3. The van der Waals surface area contributed by atoms with Crippen molar-refractivity contribution in [2.45, 2.75) is 78.2 Å². The molecule has 498 valence electrons. The standard InChI is InChI=1S/C72H66O24/c1-43(37-85-61(73)49-23-9-7-10-24-49)91-67(79)55-31-17-13-27-51(55)63(75)87-39-45(3)93-68(80)56-32-18-14-28-52(56)64(76)88-40-46(4)94-69(81)57-33-19-15-29-53(57)65(77)89-41-47(5)95-70(82)58-34-20-16-30-54(58)66(78)90-42-48(6)96-72(84)60-36-22-21-35-59(60)71(83)92-44(2)38-86-62(74)50-25-11-8-12-26-50/h7-36,43-48H,37-42H2,1-6H3. The zero-order valence-electron chi connectivity index (χ0n) is 52.8. The molecule has 0 heterocycles. The van der Waals surface area contributed by atoms with Crippen molar-refractivity contribution in [3.05, 3.63) is 249 Å². The van der Waals surface area contributed by atoms with Crippen molar-refractivity contribution in [3.8, 4) is 0 Å². The van der Waals surface area contributed by atoms with Crippen molar-refractivity contribution in [2.24, 2.45) is 0 Å². The van der Waals surface area contributed by atoms with Gasteiger partial charge in [-0.1, -0.05) is 97.1 Å². The van der Waals surface area contributed by atoms with Gasteiger partial charge in [-0.25, -0.2) is 57.5 Å². The van der Waals surface area contributed by atoms with Gasteiger partial charge in [0.25, 0.3) is 0 Å². The highest BCUT2D eigenvalue weighted by atomic mass is 16.6. The molecule has 0 radical (unpaired) electrons. The van der Waals surface area contributed by atoms with Crippen molar-refractivity contribution in [3.63, 3.8) is 0 Å². The lowest BCUT2D eigenvalue weighted by molar-refractivity contribution is 0.000864. The van der Waals surface area contributed by atoms with E-state index < -0.39 is 135 Å². The molecule has 24 nitrogen and oxygen atoms in total. The van der Waals surface area contributed by atoms with Gasteiger partial charge in [0.1, 0.15) is 76.3 Å². The number of hydrogen-bond donors (Lipinski definition) is 0. The third-order valence-electron chi connectivity index (χ3n) is 13.4. The second kappa shape index (κ2) is 35.3. The zero-order chi connectivity index (χ0) is 69.3. The van der Waals surface area contributed by atoms with E-state index in [-0.39, 0.29) is 68.8 Å². The van der Waals surface area contributed by atoms with Crippen LogP contribution in [0.1, 0.15) is 166 Å². The largest absolute Gasteiger partial charge is 0.458 e. The zero-order valence-corrected chi connectivity index (χ0v) is 52.8. The lowest BCUT2D eigenvalue weighted by Crippen LogP contribution is -2.27. The number of benzene rings is 7. The number of esters is 12. The Labute approximate surface area is 550 Å². The molecule has 0 spiro atoms. The quantitative estimate of drug-likeness (QED) is 0.0298. The number of hydrogen-bond acceptors (Lipinski definition) is 24. The molecule has 96 heavy (non-hydrogen) atoms. The van der Waals surface area contributed by atoms with E-state index in [1.165, 1.54) is 163 Å². The van der Waals surface area contributed by atoms with E-state index in [0.717, 1.165) is 0 Å². The Balaban J connectivity index is 0.830. The van der Waals surface area contributed by atoms with Crippen LogP contribution in [0.5, 0.6) is 0 Å². The van der Waals surface area contributed by atoms with Crippen LogP contribution in [-0.2, 0) is 56.8 Å². The van der Waals surface area contributed by atoms with Gasteiger partial charge in [0.05, 0.1) is 66.8 Å². The van der Waals surface area contributed by atoms with Crippen LogP contribution in [0.2, 0.25) is 0 Å². The minimum absolute atomic E-state index is 0.137. The van der Waals surface area contributed by atoms with Gasteiger partial charge in [-0.05, 0) is 126 Å². The molecule has 6 unspecified atom stereocenters. The normalized spacial score (nSPS) is 12.6. The third kappa shape index (κ3) is 20.8. The summed E-state index contributed by atoms with van der Waals surface area (Å²) in [6.45, 7) is 6.17. The van der Waals surface area contributed by atoms with Crippen molar-refractivity contribution in [1.29, 1.82) is 0 Å². The summed E-state index contributed by atoms with van der Waals surface area (Å²) in [4.78, 5) is 158. The fourth-order valence-electron chi connectivity index (χ4n) is 8.66. The van der Waals surface area contributed by atoms with E-state index in [4.69, 9.17) is 56.8 Å². The number of carbonyl (C=O) groups excluding carboxylic acids is 12. The topological polar surface area (TPSA) is 316 Å². The SMILES string of the molecule is CC(COC(=O)c1ccccc1)OC(=O)c1ccccc1C(=O)OCC(C)OC(=O)c1ccccc1C(=O)OCC(C)OC(=O)c1ccccc1C(=O)OCC(C)OC(=O)c1ccccc1C(=O)OCC(C)OC(=O)c1ccccc1C(=O)OC(C)COC(=O)c1ccccc1. The molecule has 0 saturated carbocycles. The highest BCUT2D eigenvalue weighted by Gasteiger charge is 2.29. The summed E-state index contributed by atoms with van der Waals surface area (Å²) in [5, 5.41) is 0. The Morgan fingerprint density at radius 3 is 0.500 bits per heavy atom. The first-order chi connectivity index (χ1) is 46.1. The Hall–Kier alpha value is -11.8. The van der Waals surface area contributed by atoms with Gasteiger partial charge < -0.3 is 56.8 Å². The van der Waals surface area contributed by atoms with Gasteiger partial charge in [-0.3, -0.25) is 0 Å². The van der Waals surface area contributed by atoms with E-state index in [0.29, 0.717) is 11.1 Å². The highest BCUT2D eigenvalue weighted by molar-refractivity contribution is 6.06. The second-order valence-electron chi connectivity index (χ2n) is 21.3. The second-order valence-corrected chi connectivity index (χ2v) is 21.3. The Morgan fingerprint density at radius 1 is 0.198 bits per heavy atom. The average Bonchev–Trinajstić information content (AvgIpc) is 0.942. The van der Waals surface area contributed by atoms with Crippen molar-refractivity contribution >= 4 is 71.6 Å². The third-order valence-corrected chi connectivity index (χ3v) is 13.4. The van der Waals surface area contributed by atoms with Crippen LogP contribution < -0.4 is 0 Å². The molecule has 0 saturated heterocycles. The molecule has 0 aliphatic heterocycles. The lowest BCUT2D eigenvalue weighted by Gasteiger charge is -2.18. The smallest absolute Gasteiger partial charge is 0.339 e. The van der Waals surface area contributed by atoms with Gasteiger partial charge >= 0.3 is 71.6 Å². The van der Waals surface area contributed by atoms with Crippen LogP contribution in [0.25, 0.3) is 0 Å². The van der Waals surface area contributed by atoms with Gasteiger partial charge in [0.2, 0.25) is 0 Å². The van der Waals surface area contributed by atoms with Crippen LogP contribution in [0.3, 0.4) is 0 Å². The van der Waals surface area contributed by atoms with Crippen molar-refractivity contribution in [2.75, 3.05) is 39.6 Å². The Morgan fingerprint density at radius 2 is 0.333 bits per heavy atom. The van der Waals surface area contributed by atoms with Gasteiger partial charge in [0.15, 0.2) is 0 Å². The number of rotatable bonds is 30. The molecule has 0 fully saturated rings. The summed E-state index contributed by atoms with van der Waals surface area (Å²) in [7, 11) is 0. The van der Waals surface area contributed by atoms with E-state index in [1.807, 2.05) is 0 Å². The molecule has 7 rings (SSSR count). The average molecular weight is 1320 g/mol. The summed E-state index contributed by atoms with van der Waals surface area (Å²) in [5.41, 5.74) is -1.29. The first-order valence-electron chi connectivity index (χ1n) is 29.9. The molecule has 0 aromatic heterocycles. The lowest BCUT2D eigenvalue weighted by atomic mass is 10.1. The van der Waals surface area contributed by atoms with Crippen molar-refractivity contribution < 1.29 is 114 Å². The first kappa shape index (κ1) is 71.6. The van der Waals surface area contributed by atoms with Gasteiger partial charge in [0, 0.05) is 0 Å². The molecule has 7 aromatic carbocycles. The predicted molar refractivity (Wildman–Crippen MR) is 336 cm³/mol. The summed E-state index contributed by atoms with van der Waals surface area (Å²) >= 11 is 0. The summed E-state index contributed by atoms with van der Waals surface area (Å²) in [5.74, 6) is -10.9. The minimum Gasteiger partial charge on any atom is -0.458 e. The molecule has 0 bridgehead atoms. The fourth-order valence-corrected chi connectivity index (χ4v) is 8.66. The molecule has 0 amide bonds. The van der Waals surface area contributed by atoms with Crippen LogP contribution in [-0.4, -0.2) is 148 Å². The summed E-state index contributed by atoms with van der Waals surface area (Å²) < 4.78 is 64.9. The monoisotopic (exact) mass is 1310 g/mol. The molecular weight excluding hydrogens is 1250 g/mol. The fraction of sp³-hybridized carbons (Fsp3) is 0.250. The van der Waals surface area contributed by atoms with Crippen LogP contribution in [0.15, 0.2) is 182 Å². The summed E-state index contributed by atoms with van der Waals surface area (Å²) in [6, 6.07) is 44.4. The highest BCUT2D eigenvalue weighted by Crippen LogP contribution is 2.21. The predicted octanol–water partition coefficient (Wildman–Crippen LogP) is 10.1. The Bertz CT molecular complexity index is 3960. The van der Waals surface area contributed by atoms with E-state index in [2.05, 4.69) is 0 Å². The van der Waals surface area contributed by atoms with Crippen molar-refractivity contribution in [1.82, 2.24) is 0 Å². The molecule has 0 aliphatic carbocycles. The molecular formula is C72H66O24. The van der Waals surface area contributed by atoms with Gasteiger partial charge in [-0.15, -0.1) is 0 Å². The maximum absolute atomic E-state index is 13.5. The van der Waals surface area contributed by atoms with E-state index in [1.54, 1.807) is 60.7 Å². The van der Waals surface area contributed by atoms with Crippen LogP contribution in [0.4, 0.5) is 0 Å². The number of ether oxygens (including phenoxy) is 12. The minimum atomic E-state index is -1.11. The van der Waals surface area contributed by atoms with E-state index in [9.17, 15) is 57.5 Å². The maximum atomic E-state index is 13.5. The number of carbonyl (C=O) groups is 12. The van der Waals surface area contributed by atoms with Gasteiger partial charge in [-0.2, -0.15) is 0 Å². The van der Waals surface area contributed by atoms with Crippen LogP contribution in [0, 0.1) is 0 Å². The van der Waals surface area contributed by atoms with E-state index >= 15 is 0 Å². The molecule has 6 atom stereocenters. The first-order valence-corrected chi connectivity index (χ1v) is 29.9. The maximum Gasteiger partial charge on any atom is 0.339 e. The molecule has 24 heteroatoms. The summed E-state index contributed by atoms with van der Waals surface area (Å²) in [6.07, 6.45) is -6.14. The molecule has 0 aliphatic rings. The van der Waals surface area contributed by atoms with Crippen LogP contribution >= 0.6 is 0 Å². The molecule has 7 aromatic rings.